The fourth-order valence-electron chi connectivity index (χ4n) is 1.67. The molecule has 1 aromatic heterocycles. The van der Waals surface area contributed by atoms with Crippen molar-refractivity contribution in [1.29, 1.82) is 0 Å². The molecule has 0 bridgehead atoms. The van der Waals surface area contributed by atoms with Crippen molar-refractivity contribution < 1.29 is 8.42 Å². The zero-order chi connectivity index (χ0) is 11.2. The summed E-state index contributed by atoms with van der Waals surface area (Å²) in [6.45, 7) is 0. The molecule has 0 saturated carbocycles. The summed E-state index contributed by atoms with van der Waals surface area (Å²) in [7, 11) is -1.38. The number of fused-ring (bicyclic) bond motifs is 1. The number of sulfone groups is 1. The van der Waals surface area contributed by atoms with Crippen LogP contribution in [0.5, 0.6) is 0 Å². The van der Waals surface area contributed by atoms with Crippen molar-refractivity contribution in [3.63, 3.8) is 0 Å². The molecule has 15 heavy (non-hydrogen) atoms. The largest absolute Gasteiger partial charge is 0.399 e. The molecule has 80 valence electrons. The molecule has 2 aromatic rings. The van der Waals surface area contributed by atoms with Gasteiger partial charge in [-0.3, -0.25) is 0 Å². The summed E-state index contributed by atoms with van der Waals surface area (Å²) < 4.78 is 24.9. The van der Waals surface area contributed by atoms with E-state index in [1.54, 1.807) is 12.1 Å². The lowest BCUT2D eigenvalue weighted by molar-refractivity contribution is 0.603. The second-order valence-electron chi connectivity index (χ2n) is 3.65. The van der Waals surface area contributed by atoms with E-state index in [1.807, 2.05) is 17.8 Å². The molecule has 2 N–H and O–H groups in total. The normalized spacial score (nSPS) is 12.1. The minimum absolute atomic E-state index is 0.290. The summed E-state index contributed by atoms with van der Waals surface area (Å²) in [4.78, 5) is 0.290. The van der Waals surface area contributed by atoms with Crippen molar-refractivity contribution in [3.8, 4) is 0 Å². The minimum atomic E-state index is -3.23. The van der Waals surface area contributed by atoms with Crippen LogP contribution in [-0.2, 0) is 16.9 Å². The summed E-state index contributed by atoms with van der Waals surface area (Å²) in [5.41, 5.74) is 6.96. The van der Waals surface area contributed by atoms with Crippen LogP contribution in [0.3, 0.4) is 0 Å². The number of aryl methyl sites for hydroxylation is 1. The zero-order valence-corrected chi connectivity index (χ0v) is 9.38. The Morgan fingerprint density at radius 1 is 1.33 bits per heavy atom. The predicted molar refractivity (Wildman–Crippen MR) is 60.4 cm³/mol. The highest BCUT2D eigenvalue weighted by Crippen LogP contribution is 2.26. The number of rotatable bonds is 1. The van der Waals surface area contributed by atoms with Crippen molar-refractivity contribution in [2.75, 3.05) is 12.0 Å². The molecule has 0 aliphatic rings. The number of hydrogen-bond acceptors (Lipinski definition) is 3. The number of nitrogen functional groups attached to an aromatic ring is 1. The Bertz CT molecular complexity index is 626. The van der Waals surface area contributed by atoms with Gasteiger partial charge in [-0.15, -0.1) is 0 Å². The van der Waals surface area contributed by atoms with Crippen LogP contribution in [0, 0.1) is 0 Å². The molecule has 0 aliphatic carbocycles. The highest BCUT2D eigenvalue weighted by molar-refractivity contribution is 7.91. The molecule has 0 fully saturated rings. The predicted octanol–water partition coefficient (Wildman–Crippen LogP) is 1.16. The molecule has 5 heteroatoms. The van der Waals surface area contributed by atoms with Crippen molar-refractivity contribution in [2.45, 2.75) is 4.90 Å². The molecule has 2 rings (SSSR count). The van der Waals surface area contributed by atoms with Gasteiger partial charge in [0.15, 0.2) is 9.84 Å². The maximum atomic E-state index is 11.5. The van der Waals surface area contributed by atoms with Crippen LogP contribution in [0.15, 0.2) is 29.3 Å². The number of nitrogens with zero attached hydrogens (tertiary/aromatic N) is 1. The molecule has 1 aromatic carbocycles. The van der Waals surface area contributed by atoms with Crippen LogP contribution >= 0.6 is 0 Å². The summed E-state index contributed by atoms with van der Waals surface area (Å²) in [5, 5.41) is 0.717. The van der Waals surface area contributed by atoms with E-state index in [0.29, 0.717) is 11.1 Å². The number of anilines is 1. The molecule has 0 amide bonds. The van der Waals surface area contributed by atoms with E-state index in [-0.39, 0.29) is 4.90 Å². The first-order valence-corrected chi connectivity index (χ1v) is 6.33. The number of hydrogen-bond donors (Lipinski definition) is 1. The lowest BCUT2D eigenvalue weighted by Crippen LogP contribution is -2.00. The van der Waals surface area contributed by atoms with Crippen LogP contribution in [0.2, 0.25) is 0 Å². The molecular weight excluding hydrogens is 212 g/mol. The lowest BCUT2D eigenvalue weighted by Gasteiger charge is -2.04. The molecule has 0 atom stereocenters. The Kier molecular flexibility index (Phi) is 2.01. The topological polar surface area (TPSA) is 65.1 Å². The van der Waals surface area contributed by atoms with E-state index >= 15 is 0 Å². The average Bonchev–Trinajstić information content (AvgIpc) is 2.45. The van der Waals surface area contributed by atoms with E-state index in [9.17, 15) is 8.42 Å². The Labute approximate surface area is 88.2 Å². The van der Waals surface area contributed by atoms with Gasteiger partial charge in [0.25, 0.3) is 0 Å². The van der Waals surface area contributed by atoms with Crippen molar-refractivity contribution >= 4 is 26.4 Å². The Morgan fingerprint density at radius 3 is 2.60 bits per heavy atom. The van der Waals surface area contributed by atoms with Crippen LogP contribution in [0.4, 0.5) is 5.69 Å². The van der Waals surface area contributed by atoms with Crippen molar-refractivity contribution in [1.82, 2.24) is 4.57 Å². The minimum Gasteiger partial charge on any atom is -0.399 e. The van der Waals surface area contributed by atoms with Gasteiger partial charge >= 0.3 is 0 Å². The van der Waals surface area contributed by atoms with E-state index < -0.39 is 9.84 Å². The van der Waals surface area contributed by atoms with Crippen LogP contribution in [-0.4, -0.2) is 19.2 Å². The number of nitrogens with two attached hydrogens (primary N) is 1. The van der Waals surface area contributed by atoms with Crippen molar-refractivity contribution in [2.24, 2.45) is 7.05 Å². The summed E-state index contributed by atoms with van der Waals surface area (Å²) >= 11 is 0. The summed E-state index contributed by atoms with van der Waals surface area (Å²) in [6, 6.07) is 5.05. The van der Waals surface area contributed by atoms with E-state index in [1.165, 1.54) is 12.3 Å². The van der Waals surface area contributed by atoms with Gasteiger partial charge in [-0.25, -0.2) is 8.42 Å². The van der Waals surface area contributed by atoms with E-state index in [4.69, 9.17) is 5.73 Å². The smallest absolute Gasteiger partial charge is 0.176 e. The first-order valence-electron chi connectivity index (χ1n) is 4.44. The molecule has 0 radical (unpaired) electrons. The van der Waals surface area contributed by atoms with E-state index in [0.717, 1.165) is 5.52 Å². The number of aromatic nitrogens is 1. The van der Waals surface area contributed by atoms with Crippen LogP contribution in [0.25, 0.3) is 10.9 Å². The molecule has 0 aliphatic heterocycles. The van der Waals surface area contributed by atoms with Crippen LogP contribution in [0.1, 0.15) is 0 Å². The molecule has 1 heterocycles. The van der Waals surface area contributed by atoms with Gasteiger partial charge in [0, 0.05) is 30.6 Å². The second-order valence-corrected chi connectivity index (χ2v) is 5.63. The third kappa shape index (κ3) is 1.59. The standard InChI is InChI=1S/C10H12N2O2S/c1-12-4-3-8-9(12)5-7(11)6-10(8)15(2,13)14/h3-6H,11H2,1-2H3. The van der Waals surface area contributed by atoms with Gasteiger partial charge in [-0.05, 0) is 18.2 Å². The first-order chi connectivity index (χ1) is 6.89. The van der Waals surface area contributed by atoms with Gasteiger partial charge in [0.05, 0.1) is 10.4 Å². The highest BCUT2D eigenvalue weighted by atomic mass is 32.2. The highest BCUT2D eigenvalue weighted by Gasteiger charge is 2.14. The van der Waals surface area contributed by atoms with Crippen molar-refractivity contribution in [3.05, 3.63) is 24.4 Å². The van der Waals surface area contributed by atoms with E-state index in [2.05, 4.69) is 0 Å². The van der Waals surface area contributed by atoms with Gasteiger partial charge < -0.3 is 10.3 Å². The lowest BCUT2D eigenvalue weighted by atomic mass is 10.2. The van der Waals surface area contributed by atoms with Crippen LogP contribution < -0.4 is 5.73 Å². The van der Waals surface area contributed by atoms with Gasteiger partial charge in [-0.1, -0.05) is 0 Å². The zero-order valence-electron chi connectivity index (χ0n) is 8.56. The van der Waals surface area contributed by atoms with Gasteiger partial charge in [-0.2, -0.15) is 0 Å². The molecule has 0 unspecified atom stereocenters. The summed E-state index contributed by atoms with van der Waals surface area (Å²) in [6.07, 6.45) is 3.01. The molecular formula is C10H12N2O2S. The Hall–Kier alpha value is -1.49. The monoisotopic (exact) mass is 224 g/mol. The fourth-order valence-corrected chi connectivity index (χ4v) is 2.59. The molecule has 0 saturated heterocycles. The summed E-state index contributed by atoms with van der Waals surface area (Å²) in [5.74, 6) is 0. The van der Waals surface area contributed by atoms with Gasteiger partial charge in [0.2, 0.25) is 0 Å². The maximum Gasteiger partial charge on any atom is 0.176 e. The molecule has 4 nitrogen and oxygen atoms in total. The third-order valence-corrected chi connectivity index (χ3v) is 3.52. The molecule has 0 spiro atoms. The Morgan fingerprint density at radius 2 is 2.00 bits per heavy atom. The number of benzene rings is 1. The Balaban J connectivity index is 2.97. The first kappa shape index (κ1) is 10.0. The maximum absolute atomic E-state index is 11.5. The fraction of sp³-hybridized carbons (Fsp3) is 0.200. The van der Waals surface area contributed by atoms with Gasteiger partial charge in [0.1, 0.15) is 0 Å². The average molecular weight is 224 g/mol. The quantitative estimate of drug-likeness (QED) is 0.739. The third-order valence-electron chi connectivity index (χ3n) is 2.39. The second kappa shape index (κ2) is 3.00. The SMILES string of the molecule is Cn1ccc2c(S(C)(=O)=O)cc(N)cc21.